The van der Waals surface area contributed by atoms with Gasteiger partial charge in [0.1, 0.15) is 5.75 Å². The number of hydrogen-bond acceptors (Lipinski definition) is 3. The third-order valence-corrected chi connectivity index (χ3v) is 2.36. The molecule has 0 saturated carbocycles. The SMILES string of the molecule is CCc1ccc(OCC(=O)NCCC(=O)O)cc1. The van der Waals surface area contributed by atoms with Crippen LogP contribution in [0.2, 0.25) is 0 Å². The molecule has 0 unspecified atom stereocenters. The van der Waals surface area contributed by atoms with E-state index in [4.69, 9.17) is 9.84 Å². The predicted octanol–water partition coefficient (Wildman–Crippen LogP) is 1.22. The summed E-state index contributed by atoms with van der Waals surface area (Å²) in [5, 5.41) is 10.9. The number of carbonyl (C=O) groups is 2. The second-order valence-electron chi connectivity index (χ2n) is 3.78. The van der Waals surface area contributed by atoms with Gasteiger partial charge in [-0.1, -0.05) is 19.1 Å². The molecule has 0 saturated heterocycles. The molecule has 0 aromatic heterocycles. The number of amides is 1. The molecule has 98 valence electrons. The highest BCUT2D eigenvalue weighted by atomic mass is 16.5. The van der Waals surface area contributed by atoms with Gasteiger partial charge in [0.15, 0.2) is 6.61 Å². The number of carboxylic acid groups (broad SMARTS) is 1. The van der Waals surface area contributed by atoms with Crippen LogP contribution in [0.15, 0.2) is 24.3 Å². The van der Waals surface area contributed by atoms with Gasteiger partial charge in [-0.05, 0) is 24.1 Å². The largest absolute Gasteiger partial charge is 0.484 e. The van der Waals surface area contributed by atoms with Gasteiger partial charge in [0.25, 0.3) is 5.91 Å². The lowest BCUT2D eigenvalue weighted by Gasteiger charge is -2.07. The average Bonchev–Trinajstić information content (AvgIpc) is 2.36. The van der Waals surface area contributed by atoms with E-state index in [-0.39, 0.29) is 25.5 Å². The van der Waals surface area contributed by atoms with Gasteiger partial charge in [0.05, 0.1) is 6.42 Å². The predicted molar refractivity (Wildman–Crippen MR) is 66.6 cm³/mol. The number of aryl methyl sites for hydroxylation is 1. The molecule has 18 heavy (non-hydrogen) atoms. The number of nitrogens with one attached hydrogen (secondary N) is 1. The van der Waals surface area contributed by atoms with Crippen molar-refractivity contribution < 1.29 is 19.4 Å². The van der Waals surface area contributed by atoms with Crippen LogP contribution < -0.4 is 10.1 Å². The topological polar surface area (TPSA) is 75.6 Å². The molecule has 0 aliphatic rings. The maximum atomic E-state index is 11.3. The highest BCUT2D eigenvalue weighted by Gasteiger charge is 2.03. The Bertz CT molecular complexity index is 400. The number of hydrogen-bond donors (Lipinski definition) is 2. The standard InChI is InChI=1S/C13H17NO4/c1-2-10-3-5-11(6-4-10)18-9-12(15)14-8-7-13(16)17/h3-6H,2,7-9H2,1H3,(H,14,15)(H,16,17). The van der Waals surface area contributed by atoms with E-state index in [1.54, 1.807) is 0 Å². The fourth-order valence-corrected chi connectivity index (χ4v) is 1.33. The van der Waals surface area contributed by atoms with Gasteiger partial charge in [-0.3, -0.25) is 9.59 Å². The summed E-state index contributed by atoms with van der Waals surface area (Å²) in [5.74, 6) is -0.636. The van der Waals surface area contributed by atoms with Crippen LogP contribution in [0.25, 0.3) is 0 Å². The van der Waals surface area contributed by atoms with Crippen LogP contribution in [0.3, 0.4) is 0 Å². The van der Waals surface area contributed by atoms with Crippen molar-refractivity contribution in [2.75, 3.05) is 13.2 Å². The zero-order valence-corrected chi connectivity index (χ0v) is 10.3. The number of aliphatic carboxylic acids is 1. The van der Waals surface area contributed by atoms with E-state index in [0.29, 0.717) is 5.75 Å². The van der Waals surface area contributed by atoms with Crippen LogP contribution in [-0.4, -0.2) is 30.1 Å². The average molecular weight is 251 g/mol. The van der Waals surface area contributed by atoms with E-state index in [0.717, 1.165) is 6.42 Å². The number of benzene rings is 1. The third-order valence-electron chi connectivity index (χ3n) is 2.36. The monoisotopic (exact) mass is 251 g/mol. The highest BCUT2D eigenvalue weighted by Crippen LogP contribution is 2.12. The number of carbonyl (C=O) groups excluding carboxylic acids is 1. The summed E-state index contributed by atoms with van der Waals surface area (Å²) in [6.07, 6.45) is 0.868. The van der Waals surface area contributed by atoms with Crippen molar-refractivity contribution in [3.63, 3.8) is 0 Å². The lowest BCUT2D eigenvalue weighted by atomic mass is 10.2. The fraction of sp³-hybridized carbons (Fsp3) is 0.385. The summed E-state index contributed by atoms with van der Waals surface area (Å²) in [5.41, 5.74) is 1.20. The molecule has 1 rings (SSSR count). The van der Waals surface area contributed by atoms with Gasteiger partial charge in [-0.25, -0.2) is 0 Å². The van der Waals surface area contributed by atoms with Gasteiger partial charge in [0, 0.05) is 6.54 Å². The van der Waals surface area contributed by atoms with E-state index in [1.165, 1.54) is 5.56 Å². The Morgan fingerprint density at radius 3 is 2.50 bits per heavy atom. The van der Waals surface area contributed by atoms with Crippen molar-refractivity contribution in [2.24, 2.45) is 0 Å². The smallest absolute Gasteiger partial charge is 0.305 e. The molecular weight excluding hydrogens is 234 g/mol. The molecule has 1 amide bonds. The molecular formula is C13H17NO4. The first-order chi connectivity index (χ1) is 8.61. The quantitative estimate of drug-likeness (QED) is 0.764. The minimum atomic E-state index is -0.939. The Kier molecular flexibility index (Phi) is 5.70. The molecule has 0 atom stereocenters. The van der Waals surface area contributed by atoms with Crippen LogP contribution in [0.5, 0.6) is 5.75 Å². The Morgan fingerprint density at radius 2 is 1.94 bits per heavy atom. The number of ether oxygens (including phenoxy) is 1. The summed E-state index contributed by atoms with van der Waals surface area (Å²) in [4.78, 5) is 21.5. The maximum Gasteiger partial charge on any atom is 0.305 e. The van der Waals surface area contributed by atoms with Crippen molar-refractivity contribution in [3.05, 3.63) is 29.8 Å². The summed E-state index contributed by atoms with van der Waals surface area (Å²) in [6.45, 7) is 2.07. The minimum absolute atomic E-state index is 0.0864. The molecule has 1 aromatic carbocycles. The molecule has 5 nitrogen and oxygen atoms in total. The van der Waals surface area contributed by atoms with E-state index < -0.39 is 5.97 Å². The fourth-order valence-electron chi connectivity index (χ4n) is 1.33. The van der Waals surface area contributed by atoms with Crippen LogP contribution in [0.1, 0.15) is 18.9 Å². The van der Waals surface area contributed by atoms with Crippen molar-refractivity contribution in [2.45, 2.75) is 19.8 Å². The summed E-state index contributed by atoms with van der Waals surface area (Å²) >= 11 is 0. The van der Waals surface area contributed by atoms with Crippen LogP contribution in [-0.2, 0) is 16.0 Å². The lowest BCUT2D eigenvalue weighted by molar-refractivity contribution is -0.137. The third kappa shape index (κ3) is 5.34. The number of rotatable bonds is 7. The Labute approximate surface area is 106 Å². The van der Waals surface area contributed by atoms with Crippen molar-refractivity contribution in [1.82, 2.24) is 5.32 Å². The normalized spacial score (nSPS) is 9.83. The van der Waals surface area contributed by atoms with Gasteiger partial charge < -0.3 is 15.2 Å². The van der Waals surface area contributed by atoms with E-state index in [9.17, 15) is 9.59 Å². The first-order valence-corrected chi connectivity index (χ1v) is 5.82. The van der Waals surface area contributed by atoms with Gasteiger partial charge >= 0.3 is 5.97 Å². The zero-order valence-electron chi connectivity index (χ0n) is 10.3. The molecule has 2 N–H and O–H groups in total. The molecule has 0 bridgehead atoms. The van der Waals surface area contributed by atoms with Crippen molar-refractivity contribution in [3.8, 4) is 5.75 Å². The van der Waals surface area contributed by atoms with E-state index in [2.05, 4.69) is 12.2 Å². The van der Waals surface area contributed by atoms with E-state index >= 15 is 0 Å². The first kappa shape index (κ1) is 14.0. The molecule has 0 heterocycles. The molecule has 0 aliphatic carbocycles. The first-order valence-electron chi connectivity index (χ1n) is 5.82. The van der Waals surface area contributed by atoms with Crippen LogP contribution >= 0.6 is 0 Å². The minimum Gasteiger partial charge on any atom is -0.484 e. The molecule has 0 aliphatic heterocycles. The zero-order chi connectivity index (χ0) is 13.4. The summed E-state index contributed by atoms with van der Waals surface area (Å²) in [7, 11) is 0. The molecule has 5 heteroatoms. The second kappa shape index (κ2) is 7.32. The van der Waals surface area contributed by atoms with Crippen LogP contribution in [0.4, 0.5) is 0 Å². The Balaban J connectivity index is 2.26. The molecule has 1 aromatic rings. The Hall–Kier alpha value is -2.04. The highest BCUT2D eigenvalue weighted by molar-refractivity contribution is 5.78. The van der Waals surface area contributed by atoms with Gasteiger partial charge in [0.2, 0.25) is 0 Å². The Morgan fingerprint density at radius 1 is 1.28 bits per heavy atom. The molecule has 0 radical (unpaired) electrons. The van der Waals surface area contributed by atoms with Gasteiger partial charge in [-0.2, -0.15) is 0 Å². The van der Waals surface area contributed by atoms with Crippen LogP contribution in [0, 0.1) is 0 Å². The maximum absolute atomic E-state index is 11.3. The summed E-state index contributed by atoms with van der Waals surface area (Å²) < 4.78 is 5.27. The molecule has 0 fully saturated rings. The van der Waals surface area contributed by atoms with Crippen molar-refractivity contribution in [1.29, 1.82) is 0 Å². The summed E-state index contributed by atoms with van der Waals surface area (Å²) in [6, 6.07) is 7.50. The van der Waals surface area contributed by atoms with Gasteiger partial charge in [-0.15, -0.1) is 0 Å². The van der Waals surface area contributed by atoms with Crippen molar-refractivity contribution >= 4 is 11.9 Å². The lowest BCUT2D eigenvalue weighted by Crippen LogP contribution is -2.30. The molecule has 0 spiro atoms. The van der Waals surface area contributed by atoms with E-state index in [1.807, 2.05) is 24.3 Å². The second-order valence-corrected chi connectivity index (χ2v) is 3.78. The number of carboxylic acids is 1.